The lowest BCUT2D eigenvalue weighted by Gasteiger charge is -1.97. The highest BCUT2D eigenvalue weighted by Gasteiger charge is 2.48. The monoisotopic (exact) mass is 212 g/mol. The molecule has 0 amide bonds. The zero-order valence-corrected chi connectivity index (χ0v) is 8.66. The van der Waals surface area contributed by atoms with Gasteiger partial charge in [-0.3, -0.25) is 0 Å². The van der Waals surface area contributed by atoms with Crippen molar-refractivity contribution in [2.24, 2.45) is 10.8 Å². The van der Waals surface area contributed by atoms with Crippen LogP contribution >= 0.6 is 15.9 Å². The van der Waals surface area contributed by atoms with Crippen molar-refractivity contribution in [1.82, 2.24) is 0 Å². The Balaban J connectivity index is 2.02. The van der Waals surface area contributed by atoms with E-state index in [1.165, 1.54) is 19.3 Å². The summed E-state index contributed by atoms with van der Waals surface area (Å²) in [5, 5.41) is 0. The molecule has 0 nitrogen and oxygen atoms in total. The van der Waals surface area contributed by atoms with Crippen molar-refractivity contribution >= 4 is 15.9 Å². The molecule has 0 heterocycles. The summed E-state index contributed by atoms with van der Waals surface area (Å²) < 4.78 is 0. The maximum atomic E-state index is 3.59. The first-order chi connectivity index (χ1) is 5.04. The van der Waals surface area contributed by atoms with E-state index in [-0.39, 0.29) is 0 Å². The van der Waals surface area contributed by atoms with Gasteiger partial charge < -0.3 is 0 Å². The van der Waals surface area contributed by atoms with Crippen molar-refractivity contribution in [2.45, 2.75) is 37.9 Å². The summed E-state index contributed by atoms with van der Waals surface area (Å²) in [5.74, 6) is 6.77. The molecular weight excluding hydrogens is 200 g/mol. The van der Waals surface area contributed by atoms with Crippen LogP contribution in [0.1, 0.15) is 33.1 Å². The summed E-state index contributed by atoms with van der Waals surface area (Å²) in [6, 6.07) is 0. The molecule has 2 fully saturated rings. The SMILES string of the molecule is CC1(C#CC2(C)CC2Br)CC1. The summed E-state index contributed by atoms with van der Waals surface area (Å²) in [5.41, 5.74) is 0.712. The van der Waals surface area contributed by atoms with E-state index in [1.54, 1.807) is 0 Å². The molecule has 0 aromatic rings. The maximum absolute atomic E-state index is 3.59. The predicted molar refractivity (Wildman–Crippen MR) is 50.6 cm³/mol. The molecule has 2 saturated carbocycles. The molecule has 1 heteroatoms. The third-order valence-electron chi connectivity index (χ3n) is 2.78. The molecule has 2 unspecified atom stereocenters. The number of hydrogen-bond acceptors (Lipinski definition) is 0. The lowest BCUT2D eigenvalue weighted by molar-refractivity contribution is 0.752. The van der Waals surface area contributed by atoms with Gasteiger partial charge in [0.1, 0.15) is 0 Å². The minimum Gasteiger partial charge on any atom is -0.0962 e. The number of alkyl halides is 1. The smallest absolute Gasteiger partial charge is 0.0423 e. The largest absolute Gasteiger partial charge is 0.0962 e. The first kappa shape index (κ1) is 7.68. The number of rotatable bonds is 0. The van der Waals surface area contributed by atoms with Crippen molar-refractivity contribution < 1.29 is 0 Å². The second-order valence-corrected chi connectivity index (χ2v) is 5.51. The van der Waals surface area contributed by atoms with Crippen molar-refractivity contribution in [3.8, 4) is 11.8 Å². The molecule has 0 radical (unpaired) electrons. The molecule has 2 aliphatic rings. The van der Waals surface area contributed by atoms with Crippen LogP contribution in [-0.2, 0) is 0 Å². The van der Waals surface area contributed by atoms with Gasteiger partial charge in [-0.15, -0.1) is 0 Å². The summed E-state index contributed by atoms with van der Waals surface area (Å²) in [6.45, 7) is 4.50. The standard InChI is InChI=1S/C10H13Br/c1-9(3-4-9)5-6-10(2)7-8(10)11/h8H,3-4,7H2,1-2H3. The van der Waals surface area contributed by atoms with E-state index in [2.05, 4.69) is 41.6 Å². The molecule has 2 rings (SSSR count). The van der Waals surface area contributed by atoms with Gasteiger partial charge in [0.25, 0.3) is 0 Å². The molecule has 0 N–H and O–H groups in total. The quantitative estimate of drug-likeness (QED) is 0.428. The molecule has 60 valence electrons. The molecule has 2 aliphatic carbocycles. The highest BCUT2D eigenvalue weighted by molar-refractivity contribution is 9.09. The van der Waals surface area contributed by atoms with Gasteiger partial charge in [-0.05, 0) is 33.1 Å². The normalized spacial score (nSPS) is 44.1. The van der Waals surface area contributed by atoms with Gasteiger partial charge in [0.2, 0.25) is 0 Å². The van der Waals surface area contributed by atoms with E-state index in [0.29, 0.717) is 15.7 Å². The maximum Gasteiger partial charge on any atom is 0.0423 e. The second kappa shape index (κ2) is 2.04. The highest BCUT2D eigenvalue weighted by atomic mass is 79.9. The molecule has 0 spiro atoms. The Bertz CT molecular complexity index is 241. The van der Waals surface area contributed by atoms with E-state index >= 15 is 0 Å². The predicted octanol–water partition coefficient (Wildman–Crippen LogP) is 2.96. The molecule has 0 aliphatic heterocycles. The Morgan fingerprint density at radius 3 is 2.18 bits per heavy atom. The van der Waals surface area contributed by atoms with E-state index < -0.39 is 0 Å². The summed E-state index contributed by atoms with van der Waals surface area (Å²) in [7, 11) is 0. The third-order valence-corrected chi connectivity index (χ3v) is 4.12. The molecule has 11 heavy (non-hydrogen) atoms. The zero-order chi connectivity index (χ0) is 8.11. The topological polar surface area (TPSA) is 0 Å². The van der Waals surface area contributed by atoms with Gasteiger partial charge in [-0.25, -0.2) is 0 Å². The van der Waals surface area contributed by atoms with Crippen molar-refractivity contribution in [2.75, 3.05) is 0 Å². The molecule has 0 aromatic heterocycles. The summed E-state index contributed by atoms with van der Waals surface area (Å²) >= 11 is 3.59. The second-order valence-electron chi connectivity index (χ2n) is 4.40. The van der Waals surface area contributed by atoms with Gasteiger partial charge in [0.15, 0.2) is 0 Å². The van der Waals surface area contributed by atoms with Crippen molar-refractivity contribution in [3.63, 3.8) is 0 Å². The fraction of sp³-hybridized carbons (Fsp3) is 0.800. The Morgan fingerprint density at radius 1 is 1.27 bits per heavy atom. The van der Waals surface area contributed by atoms with Crippen LogP contribution in [0.4, 0.5) is 0 Å². The van der Waals surface area contributed by atoms with Gasteiger partial charge in [0, 0.05) is 15.7 Å². The Morgan fingerprint density at radius 2 is 1.82 bits per heavy atom. The van der Waals surface area contributed by atoms with E-state index in [9.17, 15) is 0 Å². The third kappa shape index (κ3) is 1.47. The van der Waals surface area contributed by atoms with Crippen molar-refractivity contribution in [3.05, 3.63) is 0 Å². The van der Waals surface area contributed by atoms with Crippen LogP contribution in [0.15, 0.2) is 0 Å². The van der Waals surface area contributed by atoms with Crippen LogP contribution in [0.25, 0.3) is 0 Å². The fourth-order valence-electron chi connectivity index (χ4n) is 1.05. The van der Waals surface area contributed by atoms with Crippen LogP contribution in [0, 0.1) is 22.7 Å². The molecule has 0 bridgehead atoms. The van der Waals surface area contributed by atoms with Crippen LogP contribution in [0.5, 0.6) is 0 Å². The fourth-order valence-corrected chi connectivity index (χ4v) is 1.84. The average molecular weight is 213 g/mol. The molecule has 2 atom stereocenters. The van der Waals surface area contributed by atoms with E-state index in [4.69, 9.17) is 0 Å². The Labute approximate surface area is 76.9 Å². The Kier molecular flexibility index (Phi) is 1.43. The lowest BCUT2D eigenvalue weighted by Crippen LogP contribution is -1.94. The summed E-state index contributed by atoms with van der Waals surface area (Å²) in [6.07, 6.45) is 3.85. The van der Waals surface area contributed by atoms with Crippen LogP contribution < -0.4 is 0 Å². The zero-order valence-electron chi connectivity index (χ0n) is 7.08. The van der Waals surface area contributed by atoms with Crippen LogP contribution in [0.3, 0.4) is 0 Å². The van der Waals surface area contributed by atoms with E-state index in [1.807, 2.05) is 0 Å². The average Bonchev–Trinajstić information content (AvgIpc) is 2.76. The number of hydrogen-bond donors (Lipinski definition) is 0. The van der Waals surface area contributed by atoms with Gasteiger partial charge in [-0.1, -0.05) is 27.8 Å². The van der Waals surface area contributed by atoms with Crippen LogP contribution in [-0.4, -0.2) is 4.83 Å². The first-order valence-electron chi connectivity index (χ1n) is 4.23. The summed E-state index contributed by atoms with van der Waals surface area (Å²) in [4.78, 5) is 0.657. The van der Waals surface area contributed by atoms with Gasteiger partial charge in [0.05, 0.1) is 0 Å². The molecule has 0 saturated heterocycles. The van der Waals surface area contributed by atoms with Gasteiger partial charge in [-0.2, -0.15) is 0 Å². The Hall–Kier alpha value is 0.0400. The molecule has 0 aromatic carbocycles. The minimum atomic E-state index is 0.311. The molecular formula is C10H13Br. The minimum absolute atomic E-state index is 0.311. The van der Waals surface area contributed by atoms with Crippen LogP contribution in [0.2, 0.25) is 0 Å². The first-order valence-corrected chi connectivity index (χ1v) is 5.14. The van der Waals surface area contributed by atoms with Gasteiger partial charge >= 0.3 is 0 Å². The van der Waals surface area contributed by atoms with Crippen molar-refractivity contribution in [1.29, 1.82) is 0 Å². The van der Waals surface area contributed by atoms with E-state index in [0.717, 1.165) is 0 Å². The number of halogens is 1. The lowest BCUT2D eigenvalue weighted by atomic mass is 10.1. The highest BCUT2D eigenvalue weighted by Crippen LogP contribution is 2.52.